The van der Waals surface area contributed by atoms with Crippen molar-refractivity contribution in [3.05, 3.63) is 137 Å². The van der Waals surface area contributed by atoms with Crippen LogP contribution in [0.1, 0.15) is 46.3 Å². The molecule has 4 aromatic carbocycles. The number of methoxy groups -OCH3 is 1. The summed E-state index contributed by atoms with van der Waals surface area (Å²) in [6, 6.07) is 30.1. The number of rotatable bonds is 9. The Morgan fingerprint density at radius 1 is 0.939 bits per heavy atom. The number of ether oxygens (including phenoxy) is 2. The third-order valence-corrected chi connectivity index (χ3v) is 8.94. The molecule has 0 radical (unpaired) electrons. The number of halogens is 3. The molecule has 4 N–H and O–H groups in total. The van der Waals surface area contributed by atoms with Crippen LogP contribution >= 0.6 is 0 Å². The van der Waals surface area contributed by atoms with E-state index in [9.17, 15) is 22.8 Å². The van der Waals surface area contributed by atoms with Gasteiger partial charge in [-0.2, -0.15) is 13.2 Å². The Balaban J connectivity index is 1.16. The van der Waals surface area contributed by atoms with Crippen molar-refractivity contribution < 1.29 is 32.2 Å². The van der Waals surface area contributed by atoms with Crippen molar-refractivity contribution >= 4 is 28.6 Å². The van der Waals surface area contributed by atoms with Gasteiger partial charge in [0.15, 0.2) is 0 Å². The van der Waals surface area contributed by atoms with Gasteiger partial charge in [0.2, 0.25) is 0 Å². The molecule has 0 aliphatic carbocycles. The molecule has 5 aromatic rings. The second-order valence-electron chi connectivity index (χ2n) is 12.1. The lowest BCUT2D eigenvalue weighted by molar-refractivity contribution is -0.137. The van der Waals surface area contributed by atoms with Crippen LogP contribution in [0.2, 0.25) is 0 Å². The van der Waals surface area contributed by atoms with Gasteiger partial charge in [-0.05, 0) is 59.9 Å². The minimum absolute atomic E-state index is 0.185. The number of alkyl halides is 3. The van der Waals surface area contributed by atoms with Crippen molar-refractivity contribution in [2.24, 2.45) is 5.73 Å². The number of morpholine rings is 1. The van der Waals surface area contributed by atoms with Crippen molar-refractivity contribution in [1.82, 2.24) is 10.3 Å². The summed E-state index contributed by atoms with van der Waals surface area (Å²) < 4.78 is 50.8. The van der Waals surface area contributed by atoms with E-state index < -0.39 is 35.7 Å². The maximum Gasteiger partial charge on any atom is 0.420 e. The molecule has 0 unspecified atom stereocenters. The fourth-order valence-electron chi connectivity index (χ4n) is 6.40. The Labute approximate surface area is 282 Å². The molecule has 1 fully saturated rings. The van der Waals surface area contributed by atoms with Gasteiger partial charge in [-0.1, -0.05) is 78.9 Å². The first-order valence-corrected chi connectivity index (χ1v) is 16.0. The summed E-state index contributed by atoms with van der Waals surface area (Å²) in [5.41, 5.74) is 10.2. The standard InChI is InChI=1S/C38H37F3N4O4/c1-48-37(47)45(36(46)35(42)34(25-11-4-2-5-12-25)26-13-6-3-7-14-26)33-15-9-8-10-24(33)16-18-29-22-43-32(23-49-29)31-21-27-20-28(38(39,40)41)17-19-30(27)44-31/h2-15,17,19-21,29,32,34-35,43-44H,16,18,22-23,42H2,1H3/t29-,32+,35+/m1/s1. The monoisotopic (exact) mass is 670 g/mol. The van der Waals surface area contributed by atoms with Crippen molar-refractivity contribution in [2.45, 2.75) is 43.1 Å². The van der Waals surface area contributed by atoms with Crippen LogP contribution in [-0.4, -0.2) is 49.4 Å². The lowest BCUT2D eigenvalue weighted by atomic mass is 9.84. The molecule has 1 saturated heterocycles. The molecule has 254 valence electrons. The minimum Gasteiger partial charge on any atom is -0.452 e. The number of benzene rings is 4. The minimum atomic E-state index is -4.41. The number of aromatic amines is 1. The highest BCUT2D eigenvalue weighted by Crippen LogP contribution is 2.34. The number of aryl methyl sites for hydroxylation is 1. The van der Waals surface area contributed by atoms with Crippen LogP contribution in [0.5, 0.6) is 0 Å². The van der Waals surface area contributed by atoms with E-state index in [2.05, 4.69) is 10.3 Å². The second-order valence-corrected chi connectivity index (χ2v) is 12.1. The van der Waals surface area contributed by atoms with Gasteiger partial charge < -0.3 is 25.5 Å². The molecule has 0 saturated carbocycles. The topological polar surface area (TPSA) is 110 Å². The number of carbonyl (C=O) groups excluding carboxylic acids is 2. The van der Waals surface area contributed by atoms with Crippen LogP contribution in [0, 0.1) is 0 Å². The van der Waals surface area contributed by atoms with Crippen LogP contribution < -0.4 is 16.0 Å². The van der Waals surface area contributed by atoms with Gasteiger partial charge in [-0.25, -0.2) is 9.69 Å². The number of carbonyl (C=O) groups is 2. The molecule has 0 spiro atoms. The first kappa shape index (κ1) is 33.9. The van der Waals surface area contributed by atoms with Crippen molar-refractivity contribution in [3.8, 4) is 0 Å². The number of nitrogens with zero attached hydrogens (tertiary/aromatic N) is 1. The summed E-state index contributed by atoms with van der Waals surface area (Å²) in [5.74, 6) is -1.12. The normalized spacial score (nSPS) is 17.2. The molecule has 11 heteroatoms. The number of nitrogens with one attached hydrogen (secondary N) is 2. The van der Waals surface area contributed by atoms with E-state index in [1.54, 1.807) is 18.2 Å². The number of aromatic nitrogens is 1. The summed E-state index contributed by atoms with van der Waals surface area (Å²) in [6.07, 6.45) is -4.38. The molecule has 0 bridgehead atoms. The molecule has 2 heterocycles. The Kier molecular flexibility index (Phi) is 10.1. The predicted octanol–water partition coefficient (Wildman–Crippen LogP) is 7.11. The summed E-state index contributed by atoms with van der Waals surface area (Å²) in [7, 11) is 1.23. The first-order chi connectivity index (χ1) is 23.6. The van der Waals surface area contributed by atoms with Crippen LogP contribution in [-0.2, 0) is 26.9 Å². The Hall–Kier alpha value is -4.97. The number of anilines is 1. The number of hydrogen-bond acceptors (Lipinski definition) is 6. The maximum atomic E-state index is 14.2. The molecule has 8 nitrogen and oxygen atoms in total. The number of H-pyrrole nitrogens is 1. The quantitative estimate of drug-likeness (QED) is 0.154. The second kappa shape index (κ2) is 14.7. The summed E-state index contributed by atoms with van der Waals surface area (Å²) >= 11 is 0. The largest absolute Gasteiger partial charge is 0.452 e. The molecule has 1 aromatic heterocycles. The Morgan fingerprint density at radius 3 is 2.20 bits per heavy atom. The molecule has 2 amide bonds. The number of imide groups is 1. The van der Waals surface area contributed by atoms with Gasteiger partial charge in [0, 0.05) is 29.1 Å². The number of nitrogens with two attached hydrogens (primary N) is 1. The molecular formula is C38H37F3N4O4. The average molecular weight is 671 g/mol. The number of fused-ring (bicyclic) bond motifs is 1. The van der Waals surface area contributed by atoms with Crippen molar-refractivity contribution in [2.75, 3.05) is 25.2 Å². The zero-order chi connectivity index (χ0) is 34.5. The van der Waals surface area contributed by atoms with Gasteiger partial charge >= 0.3 is 12.3 Å². The predicted molar refractivity (Wildman–Crippen MR) is 181 cm³/mol. The van der Waals surface area contributed by atoms with Gasteiger partial charge in [0.05, 0.1) is 43.2 Å². The lowest BCUT2D eigenvalue weighted by Gasteiger charge is -2.31. The highest BCUT2D eigenvalue weighted by Gasteiger charge is 2.36. The van der Waals surface area contributed by atoms with E-state index >= 15 is 0 Å². The lowest BCUT2D eigenvalue weighted by Crippen LogP contribution is -2.50. The smallest absolute Gasteiger partial charge is 0.420 e. The van der Waals surface area contributed by atoms with E-state index in [1.165, 1.54) is 13.2 Å². The molecule has 1 aliphatic rings. The molecule has 3 atom stereocenters. The van der Waals surface area contributed by atoms with Crippen LogP contribution in [0.4, 0.5) is 23.7 Å². The van der Waals surface area contributed by atoms with Crippen LogP contribution in [0.3, 0.4) is 0 Å². The third-order valence-electron chi connectivity index (χ3n) is 8.94. The summed E-state index contributed by atoms with van der Waals surface area (Å²) in [4.78, 5) is 31.7. The van der Waals surface area contributed by atoms with Crippen LogP contribution in [0.25, 0.3) is 10.9 Å². The van der Waals surface area contributed by atoms with E-state index in [4.69, 9.17) is 15.2 Å². The van der Waals surface area contributed by atoms with Gasteiger partial charge in [-0.3, -0.25) is 4.79 Å². The molecule has 1 aliphatic heterocycles. The first-order valence-electron chi connectivity index (χ1n) is 16.0. The zero-order valence-electron chi connectivity index (χ0n) is 26.8. The molecule has 49 heavy (non-hydrogen) atoms. The Morgan fingerprint density at radius 2 is 1.59 bits per heavy atom. The van der Waals surface area contributed by atoms with E-state index in [-0.39, 0.29) is 12.1 Å². The zero-order valence-corrected chi connectivity index (χ0v) is 26.8. The van der Waals surface area contributed by atoms with E-state index in [1.807, 2.05) is 72.8 Å². The average Bonchev–Trinajstić information content (AvgIpc) is 3.56. The highest BCUT2D eigenvalue weighted by molar-refractivity contribution is 6.15. The van der Waals surface area contributed by atoms with E-state index in [0.717, 1.165) is 39.4 Å². The summed E-state index contributed by atoms with van der Waals surface area (Å²) in [6.45, 7) is 0.809. The maximum absolute atomic E-state index is 14.2. The van der Waals surface area contributed by atoms with Crippen LogP contribution in [0.15, 0.2) is 109 Å². The van der Waals surface area contributed by atoms with Gasteiger partial charge in [0.1, 0.15) is 0 Å². The number of amides is 2. The summed E-state index contributed by atoms with van der Waals surface area (Å²) in [5, 5.41) is 3.92. The SMILES string of the molecule is COC(=O)N(C(=O)[C@@H](N)C(c1ccccc1)c1ccccc1)c1ccccc1CC[C@@H]1CN[C@H](c2cc3cc(C(F)(F)F)ccc3[nH]2)CO1. The fraction of sp³-hybridized carbons (Fsp3) is 0.263. The molecular weight excluding hydrogens is 633 g/mol. The van der Waals surface area contributed by atoms with E-state index in [0.29, 0.717) is 42.6 Å². The molecule has 6 rings (SSSR count). The third kappa shape index (κ3) is 7.54. The fourth-order valence-corrected chi connectivity index (χ4v) is 6.40. The van der Waals surface area contributed by atoms with Gasteiger partial charge in [-0.15, -0.1) is 0 Å². The van der Waals surface area contributed by atoms with Gasteiger partial charge in [0.25, 0.3) is 5.91 Å². The number of para-hydroxylation sites is 1. The Bertz CT molecular complexity index is 1850. The van der Waals surface area contributed by atoms with Crippen molar-refractivity contribution in [1.29, 1.82) is 0 Å². The highest BCUT2D eigenvalue weighted by atomic mass is 19.4. The van der Waals surface area contributed by atoms with Crippen molar-refractivity contribution in [3.63, 3.8) is 0 Å². The number of hydrogen-bond donors (Lipinski definition) is 3.